The van der Waals surface area contributed by atoms with E-state index in [1.54, 1.807) is 20.8 Å². The van der Waals surface area contributed by atoms with Gasteiger partial charge in [-0.1, -0.05) is 5.16 Å². The van der Waals surface area contributed by atoms with Gasteiger partial charge >= 0.3 is 12.1 Å². The molecule has 0 spiro atoms. The predicted molar refractivity (Wildman–Crippen MR) is 116 cm³/mol. The van der Waals surface area contributed by atoms with Crippen LogP contribution in [0.2, 0.25) is 0 Å². The van der Waals surface area contributed by atoms with Gasteiger partial charge in [0.1, 0.15) is 30.0 Å². The molecule has 3 rings (SSSR count). The van der Waals surface area contributed by atoms with Crippen LogP contribution < -0.4 is 16.0 Å². The van der Waals surface area contributed by atoms with Crippen molar-refractivity contribution in [2.24, 2.45) is 5.16 Å². The van der Waals surface area contributed by atoms with Gasteiger partial charge in [0, 0.05) is 5.38 Å². The van der Waals surface area contributed by atoms with E-state index >= 15 is 0 Å². The van der Waals surface area contributed by atoms with Gasteiger partial charge in [-0.25, -0.2) is 19.6 Å². The SMILES string of the molecule is CC(C)(C)OC(=O)Nc1nc(/C(=N/OCC(=O)O)C(=O)N[C@@H]2C(=O)N[C@@H]2Cn2cncn2)cs1. The second kappa shape index (κ2) is 10.2. The van der Waals surface area contributed by atoms with Crippen molar-refractivity contribution in [3.63, 3.8) is 0 Å². The summed E-state index contributed by atoms with van der Waals surface area (Å²) in [6.45, 7) is 4.55. The van der Waals surface area contributed by atoms with Gasteiger partial charge in [0.2, 0.25) is 12.5 Å². The molecule has 2 aromatic heterocycles. The highest BCUT2D eigenvalue weighted by molar-refractivity contribution is 7.14. The fourth-order valence-electron chi connectivity index (χ4n) is 2.69. The zero-order valence-electron chi connectivity index (χ0n) is 18.3. The molecule has 3 heterocycles. The lowest BCUT2D eigenvalue weighted by atomic mass is 9.98. The Kier molecular flexibility index (Phi) is 7.40. The van der Waals surface area contributed by atoms with Crippen LogP contribution in [0.3, 0.4) is 0 Å². The molecule has 0 radical (unpaired) electrons. The quantitative estimate of drug-likeness (QED) is 0.201. The van der Waals surface area contributed by atoms with Crippen LogP contribution in [0.5, 0.6) is 0 Å². The van der Waals surface area contributed by atoms with Gasteiger partial charge in [-0.2, -0.15) is 5.10 Å². The average Bonchev–Trinajstić information content (AvgIpc) is 3.39. The fourth-order valence-corrected chi connectivity index (χ4v) is 3.37. The molecule has 1 aliphatic rings. The molecule has 1 aliphatic heterocycles. The molecule has 16 heteroatoms. The maximum Gasteiger partial charge on any atom is 0.413 e. The molecule has 0 unspecified atom stereocenters. The number of amides is 3. The number of thiazole rings is 1. The molecule has 0 bridgehead atoms. The number of aliphatic carboxylic acids is 1. The molecule has 0 aliphatic carbocycles. The van der Waals surface area contributed by atoms with Crippen LogP contribution in [0, 0.1) is 0 Å². The van der Waals surface area contributed by atoms with Crippen molar-refractivity contribution < 1.29 is 33.9 Å². The van der Waals surface area contributed by atoms with E-state index in [1.165, 1.54) is 22.7 Å². The van der Waals surface area contributed by atoms with Crippen LogP contribution in [0.1, 0.15) is 26.5 Å². The van der Waals surface area contributed by atoms with E-state index in [2.05, 4.69) is 36.2 Å². The first kappa shape index (κ1) is 24.6. The molecule has 34 heavy (non-hydrogen) atoms. The molecular weight excluding hydrogens is 472 g/mol. The topological polar surface area (TPSA) is 199 Å². The van der Waals surface area contributed by atoms with Crippen molar-refractivity contribution in [3.8, 4) is 0 Å². The number of ether oxygens (including phenoxy) is 1. The standard InChI is InChI=1S/C18H22N8O7S/c1-18(2,3)33-17(31)24-16-22-10(6-34-16)13(25-32-5-11(27)28)15(30)23-12-9(21-14(12)29)4-26-8-19-7-20-26/h6-9,12H,4-5H2,1-3H3,(H,21,29)(H,23,30)(H,27,28)(H,22,24,31)/b25-13-/t9-,12+/m1/s1. The number of rotatable bonds is 9. The lowest BCUT2D eigenvalue weighted by Crippen LogP contribution is -2.70. The number of hydrogen-bond acceptors (Lipinski definition) is 11. The summed E-state index contributed by atoms with van der Waals surface area (Å²) in [5, 5.41) is 25.4. The third-order valence-corrected chi connectivity index (χ3v) is 4.82. The van der Waals surface area contributed by atoms with Crippen LogP contribution in [0.25, 0.3) is 0 Å². The van der Waals surface area contributed by atoms with Crippen molar-refractivity contribution in [1.29, 1.82) is 0 Å². The molecule has 0 aromatic carbocycles. The summed E-state index contributed by atoms with van der Waals surface area (Å²) in [7, 11) is 0. The van der Waals surface area contributed by atoms with Crippen LogP contribution >= 0.6 is 11.3 Å². The molecule has 182 valence electrons. The Bertz CT molecular complexity index is 1090. The van der Waals surface area contributed by atoms with E-state index in [0.29, 0.717) is 0 Å². The lowest BCUT2D eigenvalue weighted by Gasteiger charge is -2.36. The average molecular weight is 494 g/mol. The number of aromatic nitrogens is 4. The fraction of sp³-hybridized carbons (Fsp3) is 0.444. The minimum absolute atomic E-state index is 0.00787. The summed E-state index contributed by atoms with van der Waals surface area (Å²) in [5.74, 6) is -2.56. The summed E-state index contributed by atoms with van der Waals surface area (Å²) in [6.07, 6.45) is 2.05. The van der Waals surface area contributed by atoms with Crippen molar-refractivity contribution in [2.45, 2.75) is 45.0 Å². The summed E-state index contributed by atoms with van der Waals surface area (Å²) >= 11 is 0.978. The highest BCUT2D eigenvalue weighted by Gasteiger charge is 2.41. The largest absolute Gasteiger partial charge is 0.479 e. The van der Waals surface area contributed by atoms with Crippen LogP contribution in [-0.2, 0) is 30.5 Å². The summed E-state index contributed by atoms with van der Waals surface area (Å²) in [6, 6.07) is -1.36. The second-order valence-electron chi connectivity index (χ2n) is 7.96. The van der Waals surface area contributed by atoms with Crippen LogP contribution in [-0.4, -0.2) is 78.7 Å². The minimum atomic E-state index is -1.31. The van der Waals surface area contributed by atoms with Crippen molar-refractivity contribution in [3.05, 3.63) is 23.7 Å². The Morgan fingerprint density at radius 3 is 2.74 bits per heavy atom. The molecule has 3 amide bonds. The number of carbonyl (C=O) groups excluding carboxylic acids is 3. The summed E-state index contributed by atoms with van der Waals surface area (Å²) in [5.41, 5.74) is -1.12. The molecule has 1 fully saturated rings. The number of carbonyl (C=O) groups is 4. The van der Waals surface area contributed by atoms with Crippen molar-refractivity contribution >= 4 is 46.1 Å². The zero-order chi connectivity index (χ0) is 24.9. The Balaban J connectivity index is 1.72. The van der Waals surface area contributed by atoms with Gasteiger partial charge in [0.25, 0.3) is 5.91 Å². The zero-order valence-corrected chi connectivity index (χ0v) is 19.2. The second-order valence-corrected chi connectivity index (χ2v) is 8.81. The van der Waals surface area contributed by atoms with Gasteiger partial charge < -0.3 is 25.3 Å². The van der Waals surface area contributed by atoms with Crippen LogP contribution in [0.4, 0.5) is 9.93 Å². The first-order chi connectivity index (χ1) is 16.0. The summed E-state index contributed by atoms with van der Waals surface area (Å²) in [4.78, 5) is 60.3. The molecule has 0 saturated carbocycles. The van der Waals surface area contributed by atoms with E-state index in [0.717, 1.165) is 11.3 Å². The number of nitrogens with one attached hydrogen (secondary N) is 3. The van der Waals surface area contributed by atoms with Gasteiger partial charge in [-0.05, 0) is 20.8 Å². The molecule has 2 atom stereocenters. The number of nitrogens with zero attached hydrogens (tertiary/aromatic N) is 5. The molecule has 1 saturated heterocycles. The maximum atomic E-state index is 12.9. The third kappa shape index (κ3) is 6.71. The van der Waals surface area contributed by atoms with Crippen molar-refractivity contribution in [2.75, 3.05) is 11.9 Å². The highest BCUT2D eigenvalue weighted by Crippen LogP contribution is 2.18. The number of hydrogen-bond donors (Lipinski definition) is 4. The Morgan fingerprint density at radius 1 is 1.35 bits per heavy atom. The third-order valence-electron chi connectivity index (χ3n) is 4.06. The van der Waals surface area contributed by atoms with Gasteiger partial charge in [0.15, 0.2) is 10.8 Å². The van der Waals surface area contributed by atoms with Gasteiger partial charge in [-0.3, -0.25) is 19.6 Å². The smallest absolute Gasteiger partial charge is 0.413 e. The first-order valence-electron chi connectivity index (χ1n) is 9.83. The number of anilines is 1. The van der Waals surface area contributed by atoms with E-state index < -0.39 is 48.2 Å². The van der Waals surface area contributed by atoms with E-state index in [4.69, 9.17) is 14.7 Å². The predicted octanol–water partition coefficient (Wildman–Crippen LogP) is -0.430. The van der Waals surface area contributed by atoms with Gasteiger partial charge in [0.05, 0.1) is 12.6 Å². The normalized spacial score (nSPS) is 17.9. The molecule has 15 nitrogen and oxygen atoms in total. The number of oxime groups is 1. The van der Waals surface area contributed by atoms with Crippen molar-refractivity contribution in [1.82, 2.24) is 30.4 Å². The Morgan fingerprint density at radius 2 is 2.12 bits per heavy atom. The minimum Gasteiger partial charge on any atom is -0.479 e. The van der Waals surface area contributed by atoms with Gasteiger partial charge in [-0.15, -0.1) is 11.3 Å². The maximum absolute atomic E-state index is 12.9. The number of carboxylic acids is 1. The Labute approximate surface area is 196 Å². The number of carboxylic acid groups (broad SMARTS) is 1. The lowest BCUT2D eigenvalue weighted by molar-refractivity contribution is -0.142. The monoisotopic (exact) mass is 494 g/mol. The Hall–Kier alpha value is -4.08. The number of β-lactam (4-membered cyclic amide) rings is 1. The molecular formula is C18H22N8O7S. The van der Waals surface area contributed by atoms with E-state index in [1.807, 2.05) is 0 Å². The molecule has 2 aromatic rings. The highest BCUT2D eigenvalue weighted by atomic mass is 32.1. The summed E-state index contributed by atoms with van der Waals surface area (Å²) < 4.78 is 6.64. The first-order valence-corrected chi connectivity index (χ1v) is 10.7. The van der Waals surface area contributed by atoms with E-state index in [9.17, 15) is 19.2 Å². The van der Waals surface area contributed by atoms with Crippen LogP contribution in [0.15, 0.2) is 23.2 Å². The van der Waals surface area contributed by atoms with E-state index in [-0.39, 0.29) is 23.1 Å². The molecule has 4 N–H and O–H groups in total.